The van der Waals surface area contributed by atoms with Crippen molar-refractivity contribution in [3.63, 3.8) is 0 Å². The summed E-state index contributed by atoms with van der Waals surface area (Å²) in [7, 11) is 0. The van der Waals surface area contributed by atoms with E-state index in [0.717, 1.165) is 14.5 Å². The molecule has 0 aliphatic carbocycles. The molecule has 0 saturated carbocycles. The Kier molecular flexibility index (Phi) is 4.69. The van der Waals surface area contributed by atoms with E-state index in [1.807, 2.05) is 12.1 Å². The summed E-state index contributed by atoms with van der Waals surface area (Å²) in [6.07, 6.45) is 0. The molecular formula is C16H13BrClNS2. The molecule has 21 heavy (non-hydrogen) atoms. The fourth-order valence-corrected chi connectivity index (χ4v) is 4.51. The summed E-state index contributed by atoms with van der Waals surface area (Å²) in [5.74, 6) is 0. The maximum Gasteiger partial charge on any atom is 0.0954 e. The molecule has 0 spiro atoms. The van der Waals surface area contributed by atoms with E-state index in [1.54, 1.807) is 22.7 Å². The lowest BCUT2D eigenvalue weighted by Gasteiger charge is -2.19. The van der Waals surface area contributed by atoms with E-state index in [2.05, 4.69) is 63.9 Å². The van der Waals surface area contributed by atoms with Crippen LogP contribution in [0.4, 0.5) is 5.69 Å². The van der Waals surface area contributed by atoms with Crippen LogP contribution in [0.15, 0.2) is 52.3 Å². The van der Waals surface area contributed by atoms with E-state index in [4.69, 9.17) is 11.6 Å². The van der Waals surface area contributed by atoms with E-state index in [-0.39, 0.29) is 6.04 Å². The van der Waals surface area contributed by atoms with Gasteiger partial charge in [-0.2, -0.15) is 0 Å². The van der Waals surface area contributed by atoms with Crippen LogP contribution in [0.3, 0.4) is 0 Å². The van der Waals surface area contributed by atoms with Crippen LogP contribution < -0.4 is 5.32 Å². The number of hydrogen-bond acceptors (Lipinski definition) is 3. The lowest BCUT2D eigenvalue weighted by Crippen LogP contribution is -2.10. The zero-order valence-corrected chi connectivity index (χ0v) is 15.2. The van der Waals surface area contributed by atoms with Gasteiger partial charge in [0.15, 0.2) is 0 Å². The van der Waals surface area contributed by atoms with Crippen molar-refractivity contribution in [1.29, 1.82) is 0 Å². The summed E-state index contributed by atoms with van der Waals surface area (Å²) in [4.78, 5) is 2.51. The zero-order chi connectivity index (χ0) is 14.8. The minimum Gasteiger partial charge on any atom is -0.372 e. The van der Waals surface area contributed by atoms with Crippen LogP contribution in [-0.2, 0) is 0 Å². The highest BCUT2D eigenvalue weighted by Crippen LogP contribution is 2.36. The monoisotopic (exact) mass is 397 g/mol. The second-order valence-electron chi connectivity index (χ2n) is 4.65. The third-order valence-electron chi connectivity index (χ3n) is 3.27. The second-order valence-corrected chi connectivity index (χ2v) is 8.23. The number of benzene rings is 1. The second kappa shape index (κ2) is 6.53. The molecule has 0 aliphatic rings. The Morgan fingerprint density at radius 1 is 1.10 bits per heavy atom. The summed E-state index contributed by atoms with van der Waals surface area (Å²) in [5.41, 5.74) is 2.34. The molecule has 2 aromatic heterocycles. The molecule has 0 bridgehead atoms. The van der Waals surface area contributed by atoms with Gasteiger partial charge in [0.05, 0.1) is 10.4 Å². The van der Waals surface area contributed by atoms with Crippen molar-refractivity contribution >= 4 is 55.9 Å². The van der Waals surface area contributed by atoms with Crippen LogP contribution in [-0.4, -0.2) is 0 Å². The molecule has 2 heterocycles. The first-order valence-corrected chi connectivity index (χ1v) is 9.32. The highest BCUT2D eigenvalue weighted by molar-refractivity contribution is 9.10. The molecule has 0 amide bonds. The maximum absolute atomic E-state index is 6.11. The molecule has 0 fully saturated rings. The van der Waals surface area contributed by atoms with Gasteiger partial charge in [-0.25, -0.2) is 0 Å². The van der Waals surface area contributed by atoms with Gasteiger partial charge >= 0.3 is 0 Å². The van der Waals surface area contributed by atoms with Crippen LogP contribution in [0.5, 0.6) is 0 Å². The minimum absolute atomic E-state index is 0.135. The SMILES string of the molecule is Cc1c(Br)cccc1NC(c1cccs1)c1ccc(Cl)s1. The minimum atomic E-state index is 0.135. The van der Waals surface area contributed by atoms with Gasteiger partial charge in [0, 0.05) is 19.9 Å². The number of hydrogen-bond donors (Lipinski definition) is 1. The van der Waals surface area contributed by atoms with Crippen molar-refractivity contribution in [2.24, 2.45) is 0 Å². The van der Waals surface area contributed by atoms with E-state index in [0.29, 0.717) is 0 Å². The fraction of sp³-hybridized carbons (Fsp3) is 0.125. The first-order valence-electron chi connectivity index (χ1n) is 6.45. The molecule has 1 aromatic carbocycles. The predicted molar refractivity (Wildman–Crippen MR) is 98.0 cm³/mol. The Morgan fingerprint density at radius 3 is 2.62 bits per heavy atom. The van der Waals surface area contributed by atoms with Gasteiger partial charge in [-0.1, -0.05) is 39.7 Å². The molecule has 1 N–H and O–H groups in total. The molecule has 0 aliphatic heterocycles. The topological polar surface area (TPSA) is 12.0 Å². The maximum atomic E-state index is 6.11. The van der Waals surface area contributed by atoms with E-state index in [1.165, 1.54) is 15.3 Å². The van der Waals surface area contributed by atoms with Crippen LogP contribution in [0.1, 0.15) is 21.4 Å². The first-order chi connectivity index (χ1) is 10.1. The number of nitrogens with one attached hydrogen (secondary N) is 1. The van der Waals surface area contributed by atoms with Crippen LogP contribution >= 0.6 is 50.2 Å². The lowest BCUT2D eigenvalue weighted by atomic mass is 10.1. The Hall–Kier alpha value is -0.810. The molecule has 108 valence electrons. The Bertz CT molecular complexity index is 737. The van der Waals surface area contributed by atoms with Crippen LogP contribution in [0, 0.1) is 6.92 Å². The number of halogens is 2. The zero-order valence-electron chi connectivity index (χ0n) is 11.3. The quantitative estimate of drug-likeness (QED) is 0.513. The average molecular weight is 399 g/mol. The molecule has 1 nitrogen and oxygen atoms in total. The molecular weight excluding hydrogens is 386 g/mol. The van der Waals surface area contributed by atoms with Crippen molar-refractivity contribution in [3.8, 4) is 0 Å². The molecule has 5 heteroatoms. The molecule has 3 aromatic rings. The highest BCUT2D eigenvalue weighted by atomic mass is 79.9. The third-order valence-corrected chi connectivity index (χ3v) is 6.37. The summed E-state index contributed by atoms with van der Waals surface area (Å²) in [6, 6.07) is 14.6. The molecule has 1 unspecified atom stereocenters. The van der Waals surface area contributed by atoms with E-state index < -0.39 is 0 Å². The summed E-state index contributed by atoms with van der Waals surface area (Å²) >= 11 is 13.1. The van der Waals surface area contributed by atoms with Gasteiger partial charge in [-0.3, -0.25) is 0 Å². The largest absolute Gasteiger partial charge is 0.372 e. The van der Waals surface area contributed by atoms with Crippen molar-refractivity contribution in [3.05, 3.63) is 72.0 Å². The standard InChI is InChI=1S/C16H13BrClNS2/c1-10-11(17)4-2-5-12(10)19-16(13-6-3-9-20-13)14-7-8-15(18)21-14/h2-9,16,19H,1H3. The van der Waals surface area contributed by atoms with Crippen LogP contribution in [0.2, 0.25) is 4.34 Å². The Labute approximate surface area is 145 Å². The third kappa shape index (κ3) is 3.34. The Morgan fingerprint density at radius 2 is 1.95 bits per heavy atom. The normalized spacial score (nSPS) is 12.3. The van der Waals surface area contributed by atoms with Crippen molar-refractivity contribution in [2.45, 2.75) is 13.0 Å². The fourth-order valence-electron chi connectivity index (χ4n) is 2.14. The van der Waals surface area contributed by atoms with Gasteiger partial charge < -0.3 is 5.32 Å². The van der Waals surface area contributed by atoms with Gasteiger partial charge in [0.1, 0.15) is 0 Å². The van der Waals surface area contributed by atoms with Crippen molar-refractivity contribution in [2.75, 3.05) is 5.32 Å². The Balaban J connectivity index is 1.99. The van der Waals surface area contributed by atoms with Gasteiger partial charge in [0.25, 0.3) is 0 Å². The van der Waals surface area contributed by atoms with Gasteiger partial charge in [0.2, 0.25) is 0 Å². The van der Waals surface area contributed by atoms with E-state index in [9.17, 15) is 0 Å². The summed E-state index contributed by atoms with van der Waals surface area (Å²) in [6.45, 7) is 2.11. The predicted octanol–water partition coefficient (Wildman–Crippen LogP) is 6.74. The summed E-state index contributed by atoms with van der Waals surface area (Å²) < 4.78 is 1.93. The van der Waals surface area contributed by atoms with Gasteiger partial charge in [-0.15, -0.1) is 22.7 Å². The average Bonchev–Trinajstić information content (AvgIpc) is 3.12. The molecule has 1 atom stereocenters. The number of rotatable bonds is 4. The first kappa shape index (κ1) is 15.1. The van der Waals surface area contributed by atoms with Crippen molar-refractivity contribution in [1.82, 2.24) is 0 Å². The highest BCUT2D eigenvalue weighted by Gasteiger charge is 2.18. The summed E-state index contributed by atoms with van der Waals surface area (Å²) in [5, 5.41) is 5.76. The van der Waals surface area contributed by atoms with E-state index >= 15 is 0 Å². The smallest absolute Gasteiger partial charge is 0.0954 e. The number of thiophene rings is 2. The van der Waals surface area contributed by atoms with Crippen molar-refractivity contribution < 1.29 is 0 Å². The van der Waals surface area contributed by atoms with Gasteiger partial charge in [-0.05, 0) is 48.2 Å². The molecule has 3 rings (SSSR count). The molecule has 0 radical (unpaired) electrons. The lowest BCUT2D eigenvalue weighted by molar-refractivity contribution is 0.988. The van der Waals surface area contributed by atoms with Crippen LogP contribution in [0.25, 0.3) is 0 Å². The molecule has 0 saturated heterocycles. The number of anilines is 1.